The van der Waals surface area contributed by atoms with Crippen molar-refractivity contribution in [3.63, 3.8) is 0 Å². The quantitative estimate of drug-likeness (QED) is 0.798. The summed E-state index contributed by atoms with van der Waals surface area (Å²) in [4.78, 5) is 14.0. The first kappa shape index (κ1) is 15.6. The van der Waals surface area contributed by atoms with Gasteiger partial charge in [-0.1, -0.05) is 12.8 Å². The van der Waals surface area contributed by atoms with Crippen molar-refractivity contribution in [3.05, 3.63) is 6.33 Å². The topological polar surface area (TPSA) is 93.7 Å². The number of rotatable bonds is 4. The second-order valence-corrected chi connectivity index (χ2v) is 7.16. The van der Waals surface area contributed by atoms with E-state index >= 15 is 0 Å². The number of imidazole rings is 1. The summed E-state index contributed by atoms with van der Waals surface area (Å²) in [7, 11) is 1.89. The van der Waals surface area contributed by atoms with Gasteiger partial charge >= 0.3 is 0 Å². The zero-order valence-electron chi connectivity index (χ0n) is 14.3. The Morgan fingerprint density at radius 3 is 2.54 bits per heavy atom. The standard InChI is InChI=1S/C17H27N7/c1-19-15-14-16(24(10-20-14)13-4-2-3-5-13)23-17(22-15)21-12-8-6-11(18)7-9-12/h10-13H,2-9,18H2,1H3,(H2,19,21,22,23)/t11-,12-. The minimum absolute atomic E-state index is 0.350. The molecular weight excluding hydrogens is 302 g/mol. The van der Waals surface area contributed by atoms with Gasteiger partial charge in [0.1, 0.15) is 0 Å². The molecule has 2 aliphatic carbocycles. The fraction of sp³-hybridized carbons (Fsp3) is 0.706. The Morgan fingerprint density at radius 1 is 1.08 bits per heavy atom. The van der Waals surface area contributed by atoms with Gasteiger partial charge in [-0.05, 0) is 38.5 Å². The van der Waals surface area contributed by atoms with E-state index in [1.165, 1.54) is 25.7 Å². The highest BCUT2D eigenvalue weighted by Gasteiger charge is 2.23. The lowest BCUT2D eigenvalue weighted by molar-refractivity contribution is 0.410. The van der Waals surface area contributed by atoms with Crippen molar-refractivity contribution < 1.29 is 0 Å². The van der Waals surface area contributed by atoms with Crippen LogP contribution in [0.5, 0.6) is 0 Å². The first-order chi connectivity index (χ1) is 11.7. The van der Waals surface area contributed by atoms with E-state index in [1.807, 2.05) is 13.4 Å². The second-order valence-electron chi connectivity index (χ2n) is 7.16. The van der Waals surface area contributed by atoms with E-state index in [1.54, 1.807) is 0 Å². The van der Waals surface area contributed by atoms with Crippen molar-refractivity contribution >= 4 is 22.9 Å². The Kier molecular flexibility index (Phi) is 4.26. The predicted octanol–water partition coefficient (Wildman–Crippen LogP) is 2.66. The highest BCUT2D eigenvalue weighted by atomic mass is 15.2. The van der Waals surface area contributed by atoms with Crippen LogP contribution in [0.25, 0.3) is 11.2 Å². The summed E-state index contributed by atoms with van der Waals surface area (Å²) in [5, 5.41) is 6.69. The minimum Gasteiger partial charge on any atom is -0.371 e. The van der Waals surface area contributed by atoms with Crippen molar-refractivity contribution in [2.24, 2.45) is 5.73 Å². The zero-order valence-corrected chi connectivity index (χ0v) is 14.3. The summed E-state index contributed by atoms with van der Waals surface area (Å²) in [6.07, 6.45) is 11.3. The van der Waals surface area contributed by atoms with Gasteiger partial charge in [0, 0.05) is 25.2 Å². The maximum absolute atomic E-state index is 6.01. The highest BCUT2D eigenvalue weighted by Crippen LogP contribution is 2.33. The molecule has 130 valence electrons. The van der Waals surface area contributed by atoms with Crippen molar-refractivity contribution in [3.8, 4) is 0 Å². The Morgan fingerprint density at radius 2 is 1.83 bits per heavy atom. The average Bonchev–Trinajstić information content (AvgIpc) is 3.25. The largest absolute Gasteiger partial charge is 0.371 e. The average molecular weight is 329 g/mol. The van der Waals surface area contributed by atoms with E-state index in [0.717, 1.165) is 42.7 Å². The highest BCUT2D eigenvalue weighted by molar-refractivity contribution is 5.84. The van der Waals surface area contributed by atoms with Crippen LogP contribution in [0.2, 0.25) is 0 Å². The lowest BCUT2D eigenvalue weighted by atomic mass is 9.92. The minimum atomic E-state index is 0.350. The number of aromatic nitrogens is 4. The lowest BCUT2D eigenvalue weighted by Gasteiger charge is -2.26. The van der Waals surface area contributed by atoms with Crippen LogP contribution in [-0.4, -0.2) is 38.7 Å². The Bertz CT molecular complexity index is 696. The number of fused-ring (bicyclic) bond motifs is 1. The molecule has 2 aliphatic rings. The van der Waals surface area contributed by atoms with E-state index in [4.69, 9.17) is 10.7 Å². The molecule has 24 heavy (non-hydrogen) atoms. The third-order valence-electron chi connectivity index (χ3n) is 5.48. The smallest absolute Gasteiger partial charge is 0.227 e. The van der Waals surface area contributed by atoms with Gasteiger partial charge in [0.05, 0.1) is 6.33 Å². The number of nitrogens with one attached hydrogen (secondary N) is 2. The SMILES string of the molecule is CNc1nc(N[C@H]2CC[C@H](N)CC2)nc2c1ncn2C1CCCC1. The number of hydrogen-bond donors (Lipinski definition) is 3. The van der Waals surface area contributed by atoms with Gasteiger partial charge in [0.2, 0.25) is 5.95 Å². The molecule has 7 heteroatoms. The summed E-state index contributed by atoms with van der Waals surface area (Å²) in [6.45, 7) is 0. The molecule has 2 fully saturated rings. The van der Waals surface area contributed by atoms with Crippen molar-refractivity contribution in [2.75, 3.05) is 17.7 Å². The van der Waals surface area contributed by atoms with Crippen LogP contribution < -0.4 is 16.4 Å². The van der Waals surface area contributed by atoms with Crippen molar-refractivity contribution in [1.82, 2.24) is 19.5 Å². The van der Waals surface area contributed by atoms with Crippen LogP contribution in [0, 0.1) is 0 Å². The van der Waals surface area contributed by atoms with E-state index in [0.29, 0.717) is 24.1 Å². The van der Waals surface area contributed by atoms with Crippen molar-refractivity contribution in [1.29, 1.82) is 0 Å². The Hall–Kier alpha value is -1.89. The molecule has 2 aromatic heterocycles. The molecule has 2 heterocycles. The fourth-order valence-electron chi connectivity index (χ4n) is 4.05. The number of nitrogens with zero attached hydrogens (tertiary/aromatic N) is 4. The molecule has 4 rings (SSSR count). The van der Waals surface area contributed by atoms with E-state index < -0.39 is 0 Å². The first-order valence-corrected chi connectivity index (χ1v) is 9.19. The fourth-order valence-corrected chi connectivity index (χ4v) is 4.05. The van der Waals surface area contributed by atoms with Crippen LogP contribution in [0.3, 0.4) is 0 Å². The molecule has 0 atom stereocenters. The number of hydrogen-bond acceptors (Lipinski definition) is 6. The second kappa shape index (κ2) is 6.55. The van der Waals surface area contributed by atoms with Gasteiger partial charge in [-0.15, -0.1) is 0 Å². The Labute approximate surface area is 142 Å². The summed E-state index contributed by atoms with van der Waals surface area (Å²) in [5.74, 6) is 1.50. The molecule has 0 saturated heterocycles. The van der Waals surface area contributed by atoms with Crippen molar-refractivity contribution in [2.45, 2.75) is 69.5 Å². The van der Waals surface area contributed by atoms with Gasteiger partial charge in [-0.2, -0.15) is 9.97 Å². The maximum Gasteiger partial charge on any atom is 0.227 e. The van der Waals surface area contributed by atoms with Gasteiger partial charge < -0.3 is 20.9 Å². The molecule has 7 nitrogen and oxygen atoms in total. The van der Waals surface area contributed by atoms with Crippen LogP contribution >= 0.6 is 0 Å². The third-order valence-corrected chi connectivity index (χ3v) is 5.48. The number of anilines is 2. The molecule has 0 amide bonds. The molecule has 0 radical (unpaired) electrons. The van der Waals surface area contributed by atoms with Crippen LogP contribution in [0.1, 0.15) is 57.4 Å². The van der Waals surface area contributed by atoms with E-state index in [-0.39, 0.29) is 0 Å². The molecule has 0 spiro atoms. The molecule has 0 aromatic carbocycles. The lowest BCUT2D eigenvalue weighted by Crippen LogP contribution is -2.33. The molecule has 2 saturated carbocycles. The number of nitrogens with two attached hydrogens (primary N) is 1. The van der Waals surface area contributed by atoms with Crippen LogP contribution in [-0.2, 0) is 0 Å². The van der Waals surface area contributed by atoms with Crippen LogP contribution in [0.15, 0.2) is 6.33 Å². The van der Waals surface area contributed by atoms with Gasteiger partial charge in [-0.25, -0.2) is 4.98 Å². The molecular formula is C17H27N7. The van der Waals surface area contributed by atoms with Gasteiger partial charge in [0.15, 0.2) is 17.0 Å². The molecule has 2 aromatic rings. The molecule has 4 N–H and O–H groups in total. The third kappa shape index (κ3) is 2.92. The van der Waals surface area contributed by atoms with Gasteiger partial charge in [-0.3, -0.25) is 0 Å². The Balaban J connectivity index is 1.64. The first-order valence-electron chi connectivity index (χ1n) is 9.19. The summed E-state index contributed by atoms with van der Waals surface area (Å²) < 4.78 is 2.24. The monoisotopic (exact) mass is 329 g/mol. The van der Waals surface area contributed by atoms with E-state index in [9.17, 15) is 0 Å². The normalized spacial score (nSPS) is 25.2. The molecule has 0 unspecified atom stereocenters. The molecule has 0 bridgehead atoms. The summed E-state index contributed by atoms with van der Waals surface area (Å²) >= 11 is 0. The van der Waals surface area contributed by atoms with Crippen LogP contribution in [0.4, 0.5) is 11.8 Å². The molecule has 0 aliphatic heterocycles. The zero-order chi connectivity index (χ0) is 16.5. The van der Waals surface area contributed by atoms with E-state index in [2.05, 4.69) is 25.2 Å². The van der Waals surface area contributed by atoms with Gasteiger partial charge in [0.25, 0.3) is 0 Å². The predicted molar refractivity (Wildman–Crippen MR) is 96.2 cm³/mol. The summed E-state index contributed by atoms with van der Waals surface area (Å²) in [6, 6.07) is 1.29. The summed E-state index contributed by atoms with van der Waals surface area (Å²) in [5.41, 5.74) is 7.81. The maximum atomic E-state index is 6.01.